The average molecular weight is 1750 g/mol. The molecule has 4 N–H and O–H groups in total. The molecule has 0 atom stereocenters. The number of imidazole rings is 3. The molecule has 13 aromatic rings. The minimum absolute atomic E-state index is 0.0161. The van der Waals surface area contributed by atoms with Crippen LogP contribution in [-0.2, 0) is 72.0 Å². The number of aromatic nitrogens is 11. The lowest BCUT2D eigenvalue weighted by Crippen LogP contribution is -2.56. The number of rotatable bonds is 22. The summed E-state index contributed by atoms with van der Waals surface area (Å²) in [4.78, 5) is 108. The maximum atomic E-state index is 14.0. The molecule has 7 heterocycles. The van der Waals surface area contributed by atoms with Crippen molar-refractivity contribution < 1.29 is 38.1 Å². The van der Waals surface area contributed by atoms with Crippen LogP contribution >= 0.6 is 0 Å². The molecule has 8 aliphatic rings. The van der Waals surface area contributed by atoms with Gasteiger partial charge in [0.2, 0.25) is 0 Å². The number of carbonyl (C=O) groups excluding carboxylic acids is 6. The van der Waals surface area contributed by atoms with Gasteiger partial charge in [-0.15, -0.1) is 0 Å². The minimum Gasteiger partial charge on any atom is -0.496 e. The number of pyridine rings is 2. The lowest BCUT2D eigenvalue weighted by Gasteiger charge is -2.41. The second-order valence-corrected chi connectivity index (χ2v) is 37.7. The number of fused-ring (bicyclic) bond motifs is 6. The number of ether oxygens (including phenoxy) is 1. The number of nitrogens with zero attached hydrogens (tertiary/aromatic N) is 10. The first kappa shape index (κ1) is 86.9. The Labute approximate surface area is 764 Å². The van der Waals surface area contributed by atoms with Gasteiger partial charge in [-0.1, -0.05) is 106 Å². The molecule has 0 aliphatic heterocycles. The highest BCUT2D eigenvalue weighted by Gasteiger charge is 2.50. The van der Waals surface area contributed by atoms with Gasteiger partial charge in [-0.05, 0) is 311 Å². The van der Waals surface area contributed by atoms with Crippen LogP contribution in [0.15, 0.2) is 189 Å². The maximum Gasteiger partial charge on any atom is 0.281 e. The molecule has 0 spiro atoms. The quantitative estimate of drug-likeness (QED) is 0.0364. The number of benzene rings is 6. The first-order valence-electron chi connectivity index (χ1n) is 47.1. The number of ketones is 3. The van der Waals surface area contributed by atoms with E-state index in [0.717, 1.165) is 179 Å². The molecule has 666 valence electrons. The third kappa shape index (κ3) is 16.9. The van der Waals surface area contributed by atoms with Gasteiger partial charge < -0.3 is 34.4 Å². The molecular formula is C110H115N14O7+. The summed E-state index contributed by atoms with van der Waals surface area (Å²) >= 11 is 0. The van der Waals surface area contributed by atoms with Crippen molar-refractivity contribution in [3.63, 3.8) is 0 Å². The Hall–Kier alpha value is -13.4. The van der Waals surface area contributed by atoms with E-state index in [1.165, 1.54) is 146 Å². The molecule has 6 saturated carbocycles. The Balaban J connectivity index is 0.000000127. The highest BCUT2D eigenvalue weighted by Crippen LogP contribution is 2.52. The zero-order valence-electron chi connectivity index (χ0n) is 76.4. The van der Waals surface area contributed by atoms with E-state index in [0.29, 0.717) is 40.2 Å². The van der Waals surface area contributed by atoms with Crippen molar-refractivity contribution in [2.75, 3.05) is 7.11 Å². The van der Waals surface area contributed by atoms with Gasteiger partial charge in [-0.2, -0.15) is 0 Å². The molecule has 0 saturated heterocycles. The third-order valence-corrected chi connectivity index (χ3v) is 29.4. The lowest BCUT2D eigenvalue weighted by atomic mass is 9.75. The van der Waals surface area contributed by atoms with Crippen molar-refractivity contribution in [3.8, 4) is 17.1 Å². The predicted molar refractivity (Wildman–Crippen MR) is 516 cm³/mol. The van der Waals surface area contributed by atoms with Crippen molar-refractivity contribution in [1.82, 2.24) is 64.5 Å². The van der Waals surface area contributed by atoms with Crippen LogP contribution in [0.2, 0.25) is 0 Å². The molecule has 0 bridgehead atoms. The molecule has 7 aromatic heterocycles. The normalized spacial score (nSPS) is 17.6. The Kier molecular flexibility index (Phi) is 24.2. The number of allylic oxidation sites excluding steroid dienone is 7. The fourth-order valence-electron chi connectivity index (χ4n) is 22.3. The average Bonchev–Trinajstić information content (AvgIpc) is 1.60. The van der Waals surface area contributed by atoms with Crippen molar-refractivity contribution in [2.24, 2.45) is 40.0 Å². The Morgan fingerprint density at radius 3 is 1.47 bits per heavy atom. The highest BCUT2D eigenvalue weighted by atomic mass is 16.5. The van der Waals surface area contributed by atoms with Gasteiger partial charge in [-0.3, -0.25) is 48.7 Å². The van der Waals surface area contributed by atoms with Crippen LogP contribution in [0.3, 0.4) is 0 Å². The molecule has 6 aromatic carbocycles. The molecule has 8 aliphatic carbocycles. The fourth-order valence-corrected chi connectivity index (χ4v) is 22.3. The monoisotopic (exact) mass is 1740 g/mol. The Bertz CT molecular complexity index is 6690. The van der Waals surface area contributed by atoms with Crippen LogP contribution in [0.5, 0.6) is 5.75 Å². The summed E-state index contributed by atoms with van der Waals surface area (Å²) in [5, 5.41) is 11.4. The Morgan fingerprint density at radius 2 is 0.954 bits per heavy atom. The van der Waals surface area contributed by atoms with Crippen LogP contribution in [-0.4, -0.2) is 90.8 Å². The maximum absolute atomic E-state index is 14.0. The van der Waals surface area contributed by atoms with Crippen LogP contribution in [0, 0.1) is 11.8 Å². The van der Waals surface area contributed by atoms with Gasteiger partial charge in [0.1, 0.15) is 28.6 Å². The number of aryl methyl sites for hydroxylation is 4. The summed E-state index contributed by atoms with van der Waals surface area (Å²) in [5.74, 6) is 4.77. The molecular weight excluding hydrogens is 1630 g/mol. The van der Waals surface area contributed by atoms with E-state index in [4.69, 9.17) is 24.7 Å². The molecule has 21 heteroatoms. The number of amides is 3. The largest absolute Gasteiger partial charge is 0.496 e. The first-order valence-corrected chi connectivity index (χ1v) is 47.1. The number of methoxy groups -OCH3 is 1. The summed E-state index contributed by atoms with van der Waals surface area (Å²) in [6, 6.07) is 47.1. The third-order valence-electron chi connectivity index (χ3n) is 29.4. The van der Waals surface area contributed by atoms with Crippen LogP contribution in [0.4, 0.5) is 0 Å². The number of hydrogen-bond donors (Lipinski definition) is 4. The van der Waals surface area contributed by atoms with E-state index < -0.39 is 16.6 Å². The summed E-state index contributed by atoms with van der Waals surface area (Å²) in [5.41, 5.74) is 25.9. The summed E-state index contributed by atoms with van der Waals surface area (Å²) in [7, 11) is 9.73. The predicted octanol–water partition coefficient (Wildman–Crippen LogP) is 20.9. The summed E-state index contributed by atoms with van der Waals surface area (Å²) in [6.07, 6.45) is 46.4. The summed E-state index contributed by atoms with van der Waals surface area (Å²) in [6.45, 7) is 4.62. The standard InChI is InChI=1S/2C37H38N4O2.C36H38N6O3/c1-24(42)12-13-25-14-17-33-32(21-25)39-36(41(33)2)37(18-8-19-37)40-35(43)27-15-16-29-28(22-27)23-30(31-11-6-7-20-38-31)34(29)26-9-4-3-5-10-26;1-24(42)12-13-25-14-17-32-33(21-25)41(2)36(39-32)37(18-8-19-37)40-35(43)27-15-16-29-28(22-27)23-30(31-11-6-7-20-38-31)34(29)26-9-4-3-5-10-26;1-22(43)10-11-24-18-27-30(20-31(24)45-4)42(3)35(39-27)36(14-7-15-36)40-34(44)25-12-13-26-29(19-25)41(2)33(28-21-37-16-17-38-28)32(26)23-8-5-6-9-23/h2*6-7,11-17,20-22,26H,3-5,8-10,18-19,23H2,1-2H3,(H,40,43);10-13,16-21,23H,5-9,14-15H2,1-4H3,(H,40,44)/p+1/b2*13-12+;11-10+. The fraction of sp³-hybridized carbons (Fsp3) is 0.355. The second-order valence-electron chi connectivity index (χ2n) is 37.7. The van der Waals surface area contributed by atoms with E-state index in [1.807, 2.05) is 112 Å². The van der Waals surface area contributed by atoms with Gasteiger partial charge in [0, 0.05) is 98.0 Å². The first-order chi connectivity index (χ1) is 63.6. The van der Waals surface area contributed by atoms with Gasteiger partial charge in [-0.25, -0.2) is 19.5 Å². The number of H-pyrrole nitrogens is 1. The topological polar surface area (TPSA) is 260 Å². The molecule has 0 radical (unpaired) electrons. The van der Waals surface area contributed by atoms with Crippen molar-refractivity contribution in [2.45, 2.75) is 204 Å². The smallest absolute Gasteiger partial charge is 0.281 e. The number of hydrogen-bond acceptors (Lipinski definition) is 13. The van der Waals surface area contributed by atoms with Crippen LogP contribution in [0.1, 0.15) is 279 Å². The molecule has 6 fully saturated rings. The van der Waals surface area contributed by atoms with Crippen molar-refractivity contribution in [3.05, 3.63) is 279 Å². The second kappa shape index (κ2) is 36.5. The molecule has 0 unspecified atom stereocenters. The minimum atomic E-state index is -0.573. The van der Waals surface area contributed by atoms with Gasteiger partial charge in [0.05, 0.1) is 70.6 Å². The lowest BCUT2D eigenvalue weighted by molar-refractivity contribution is -0.658. The van der Waals surface area contributed by atoms with E-state index in [1.54, 1.807) is 51.6 Å². The van der Waals surface area contributed by atoms with E-state index in [2.05, 4.69) is 136 Å². The van der Waals surface area contributed by atoms with Gasteiger partial charge in [0.15, 0.2) is 28.4 Å². The van der Waals surface area contributed by atoms with Gasteiger partial charge in [0.25, 0.3) is 23.5 Å². The van der Waals surface area contributed by atoms with Crippen LogP contribution < -0.4 is 25.3 Å². The summed E-state index contributed by atoms with van der Waals surface area (Å²) < 4.78 is 14.1. The van der Waals surface area contributed by atoms with Gasteiger partial charge >= 0.3 is 0 Å². The zero-order chi connectivity index (χ0) is 90.4. The highest BCUT2D eigenvalue weighted by molar-refractivity contribution is 6.04. The van der Waals surface area contributed by atoms with Crippen molar-refractivity contribution in [1.29, 1.82) is 0 Å². The molecule has 131 heavy (non-hydrogen) atoms. The Morgan fingerprint density at radius 1 is 0.466 bits per heavy atom. The van der Waals surface area contributed by atoms with E-state index in [9.17, 15) is 28.8 Å². The SMILES string of the molecule is CC(=O)/C=C/c1ccc2c(c1)[nH]c(C1(NC(=O)c3ccc4c(c3)CC(c3ccccn3)=C4C3CCCCC3)CCC1)[n+]2C.CC(=O)/C=C/c1ccc2nc(C3(NC(=O)c4ccc5c(c4)CC(c4ccccn4)=C5C4CCCCC4)CCC3)n(C)c2c1.COc1cc2c(cc1/C=C/C(C)=O)nc(C1(NC(=O)c3ccc4c(C5CCCC5)c(-c5cnccn5)n(C)c4c3)CCC1)n2C. The van der Waals surface area contributed by atoms with Crippen molar-refractivity contribution >= 4 is 120 Å². The molecule has 21 rings (SSSR count). The number of carbonyl (C=O) groups is 6. The van der Waals surface area contributed by atoms with Crippen LogP contribution in [0.25, 0.3) is 95.9 Å². The number of aromatic amines is 1. The molecule has 21 nitrogen and oxygen atoms in total. The zero-order valence-corrected chi connectivity index (χ0v) is 76.4. The van der Waals surface area contributed by atoms with E-state index >= 15 is 0 Å². The molecule has 3 amide bonds. The van der Waals surface area contributed by atoms with E-state index in [-0.39, 0.29) is 35.1 Å². The number of nitrogens with one attached hydrogen (secondary N) is 4.